The summed E-state index contributed by atoms with van der Waals surface area (Å²) >= 11 is 0. The van der Waals surface area contributed by atoms with Crippen molar-refractivity contribution in [2.75, 3.05) is 33.7 Å². The summed E-state index contributed by atoms with van der Waals surface area (Å²) in [5.41, 5.74) is 0. The van der Waals surface area contributed by atoms with Gasteiger partial charge in [0.05, 0.1) is 0 Å². The fourth-order valence-electron chi connectivity index (χ4n) is 1.85. The Bertz CT molecular complexity index is 194. The number of carbonyl (C=O) groups is 1. The molecule has 1 fully saturated rings. The minimum absolute atomic E-state index is 0.192. The van der Waals surface area contributed by atoms with Gasteiger partial charge < -0.3 is 15.5 Å². The van der Waals surface area contributed by atoms with Crippen LogP contribution in [-0.2, 0) is 4.79 Å². The van der Waals surface area contributed by atoms with Crippen molar-refractivity contribution in [1.29, 1.82) is 0 Å². The highest BCUT2D eigenvalue weighted by Crippen LogP contribution is 2.05. The summed E-state index contributed by atoms with van der Waals surface area (Å²) in [5.74, 6) is 0.192. The molecule has 1 unspecified atom stereocenters. The normalized spacial score (nSPS) is 22.6. The van der Waals surface area contributed by atoms with E-state index >= 15 is 0 Å². The second-order valence-corrected chi connectivity index (χ2v) is 4.50. The first-order chi connectivity index (χ1) is 7.18. The van der Waals surface area contributed by atoms with Gasteiger partial charge >= 0.3 is 0 Å². The van der Waals surface area contributed by atoms with Crippen LogP contribution in [-0.4, -0.2) is 50.6 Å². The van der Waals surface area contributed by atoms with Crippen LogP contribution in [0.1, 0.15) is 25.7 Å². The summed E-state index contributed by atoms with van der Waals surface area (Å²) < 4.78 is 0. The van der Waals surface area contributed by atoms with E-state index in [0.717, 1.165) is 38.9 Å². The van der Waals surface area contributed by atoms with Crippen LogP contribution in [0.5, 0.6) is 0 Å². The Balaban J connectivity index is 2.11. The van der Waals surface area contributed by atoms with E-state index in [4.69, 9.17) is 0 Å². The van der Waals surface area contributed by atoms with E-state index < -0.39 is 0 Å². The number of rotatable bonds is 5. The molecule has 0 saturated carbocycles. The van der Waals surface area contributed by atoms with Crippen LogP contribution in [0.15, 0.2) is 0 Å². The van der Waals surface area contributed by atoms with E-state index in [-0.39, 0.29) is 5.91 Å². The molecular formula is C11H23N3O. The molecule has 0 aromatic carbocycles. The largest absolute Gasteiger partial charge is 0.356 e. The second-order valence-electron chi connectivity index (χ2n) is 4.50. The number of carbonyl (C=O) groups excluding carboxylic acids is 1. The highest BCUT2D eigenvalue weighted by molar-refractivity contribution is 5.76. The second kappa shape index (κ2) is 6.80. The first kappa shape index (κ1) is 12.5. The minimum atomic E-state index is 0.192. The van der Waals surface area contributed by atoms with E-state index in [1.807, 2.05) is 0 Å². The van der Waals surface area contributed by atoms with E-state index in [2.05, 4.69) is 29.6 Å². The topological polar surface area (TPSA) is 44.4 Å². The first-order valence-corrected chi connectivity index (χ1v) is 5.83. The van der Waals surface area contributed by atoms with E-state index in [0.29, 0.717) is 12.5 Å². The third kappa shape index (κ3) is 5.74. The molecule has 0 aliphatic carbocycles. The van der Waals surface area contributed by atoms with Gasteiger partial charge in [-0.2, -0.15) is 0 Å². The molecule has 1 heterocycles. The van der Waals surface area contributed by atoms with Crippen molar-refractivity contribution >= 4 is 5.91 Å². The molecule has 1 saturated heterocycles. The molecule has 88 valence electrons. The molecule has 1 atom stereocenters. The quantitative estimate of drug-likeness (QED) is 0.641. The molecule has 4 nitrogen and oxygen atoms in total. The van der Waals surface area contributed by atoms with Crippen molar-refractivity contribution in [1.82, 2.24) is 15.5 Å². The van der Waals surface area contributed by atoms with Crippen molar-refractivity contribution in [3.8, 4) is 0 Å². The molecule has 0 aromatic heterocycles. The predicted octanol–water partition coefficient (Wildman–Crippen LogP) is 0.196. The fraction of sp³-hybridized carbons (Fsp3) is 0.909. The summed E-state index contributed by atoms with van der Waals surface area (Å²) in [6.07, 6.45) is 3.99. The van der Waals surface area contributed by atoms with Crippen molar-refractivity contribution in [2.24, 2.45) is 0 Å². The van der Waals surface area contributed by atoms with Crippen LogP contribution in [0.25, 0.3) is 0 Å². The van der Waals surface area contributed by atoms with Crippen molar-refractivity contribution in [3.63, 3.8) is 0 Å². The van der Waals surface area contributed by atoms with Crippen molar-refractivity contribution < 1.29 is 4.79 Å². The number of hydrogen-bond donors (Lipinski definition) is 2. The molecule has 0 aromatic rings. The Morgan fingerprint density at radius 3 is 3.07 bits per heavy atom. The lowest BCUT2D eigenvalue weighted by atomic mass is 10.1. The molecule has 1 aliphatic heterocycles. The Kier molecular flexibility index (Phi) is 5.65. The molecule has 2 N–H and O–H groups in total. The van der Waals surface area contributed by atoms with Gasteiger partial charge in [0.2, 0.25) is 5.91 Å². The van der Waals surface area contributed by atoms with Gasteiger partial charge in [-0.3, -0.25) is 4.79 Å². The Morgan fingerprint density at radius 1 is 1.53 bits per heavy atom. The third-order valence-corrected chi connectivity index (χ3v) is 2.70. The maximum Gasteiger partial charge on any atom is 0.221 e. The van der Waals surface area contributed by atoms with E-state index in [1.165, 1.54) is 0 Å². The van der Waals surface area contributed by atoms with Crippen LogP contribution >= 0.6 is 0 Å². The SMILES string of the molecule is CN(C)CCCNC1CCCNC(=O)C1. The standard InChI is InChI=1S/C11H23N3O/c1-14(2)8-4-7-12-10-5-3-6-13-11(15)9-10/h10,12H,3-9H2,1-2H3,(H,13,15). The lowest BCUT2D eigenvalue weighted by Gasteiger charge is -2.16. The molecule has 1 amide bonds. The number of nitrogens with one attached hydrogen (secondary N) is 2. The lowest BCUT2D eigenvalue weighted by Crippen LogP contribution is -2.34. The smallest absolute Gasteiger partial charge is 0.221 e. The highest BCUT2D eigenvalue weighted by atomic mass is 16.1. The van der Waals surface area contributed by atoms with Gasteiger partial charge in [-0.25, -0.2) is 0 Å². The Hall–Kier alpha value is -0.610. The number of hydrogen-bond acceptors (Lipinski definition) is 3. The highest BCUT2D eigenvalue weighted by Gasteiger charge is 2.15. The molecule has 1 rings (SSSR count). The lowest BCUT2D eigenvalue weighted by molar-refractivity contribution is -0.121. The minimum Gasteiger partial charge on any atom is -0.356 e. The van der Waals surface area contributed by atoms with Gasteiger partial charge in [0.25, 0.3) is 0 Å². The summed E-state index contributed by atoms with van der Waals surface area (Å²) in [7, 11) is 4.16. The summed E-state index contributed by atoms with van der Waals surface area (Å²) in [4.78, 5) is 13.5. The zero-order chi connectivity index (χ0) is 11.1. The summed E-state index contributed by atoms with van der Waals surface area (Å²) in [6, 6.07) is 0.384. The predicted molar refractivity (Wildman–Crippen MR) is 61.8 cm³/mol. The van der Waals surface area contributed by atoms with Crippen LogP contribution in [0.3, 0.4) is 0 Å². The molecule has 0 bridgehead atoms. The molecule has 1 aliphatic rings. The molecule has 15 heavy (non-hydrogen) atoms. The molecular weight excluding hydrogens is 190 g/mol. The van der Waals surface area contributed by atoms with Crippen LogP contribution < -0.4 is 10.6 Å². The number of nitrogens with zero attached hydrogens (tertiary/aromatic N) is 1. The third-order valence-electron chi connectivity index (χ3n) is 2.70. The Labute approximate surface area is 92.4 Å². The van der Waals surface area contributed by atoms with Gasteiger partial charge in [-0.05, 0) is 46.4 Å². The van der Waals surface area contributed by atoms with Gasteiger partial charge in [0.15, 0.2) is 0 Å². The summed E-state index contributed by atoms with van der Waals surface area (Å²) in [5, 5.41) is 6.36. The first-order valence-electron chi connectivity index (χ1n) is 5.83. The average molecular weight is 213 g/mol. The van der Waals surface area contributed by atoms with Gasteiger partial charge in [-0.15, -0.1) is 0 Å². The molecule has 4 heteroatoms. The maximum atomic E-state index is 11.3. The maximum absolute atomic E-state index is 11.3. The van der Waals surface area contributed by atoms with Gasteiger partial charge in [-0.1, -0.05) is 0 Å². The van der Waals surface area contributed by atoms with Crippen LogP contribution in [0.4, 0.5) is 0 Å². The van der Waals surface area contributed by atoms with Crippen molar-refractivity contribution in [3.05, 3.63) is 0 Å². The van der Waals surface area contributed by atoms with Crippen LogP contribution in [0.2, 0.25) is 0 Å². The van der Waals surface area contributed by atoms with Crippen LogP contribution in [0, 0.1) is 0 Å². The Morgan fingerprint density at radius 2 is 2.33 bits per heavy atom. The average Bonchev–Trinajstić information content (AvgIpc) is 2.37. The van der Waals surface area contributed by atoms with Gasteiger partial charge in [0.1, 0.15) is 0 Å². The van der Waals surface area contributed by atoms with E-state index in [1.54, 1.807) is 0 Å². The monoisotopic (exact) mass is 213 g/mol. The molecule has 0 spiro atoms. The van der Waals surface area contributed by atoms with Crippen molar-refractivity contribution in [2.45, 2.75) is 31.7 Å². The zero-order valence-corrected chi connectivity index (χ0v) is 9.88. The molecule has 0 radical (unpaired) electrons. The zero-order valence-electron chi connectivity index (χ0n) is 9.88. The van der Waals surface area contributed by atoms with E-state index in [9.17, 15) is 4.79 Å². The number of amides is 1. The fourth-order valence-corrected chi connectivity index (χ4v) is 1.85. The van der Waals surface area contributed by atoms with Gasteiger partial charge in [0, 0.05) is 19.0 Å². The summed E-state index contributed by atoms with van der Waals surface area (Å²) in [6.45, 7) is 2.96.